The molecular weight excluding hydrogens is 325 g/mol. The van der Waals surface area contributed by atoms with Crippen molar-refractivity contribution in [2.24, 2.45) is 0 Å². The van der Waals surface area contributed by atoms with E-state index in [1.165, 1.54) is 0 Å². The van der Waals surface area contributed by atoms with Gasteiger partial charge in [0.25, 0.3) is 0 Å². The van der Waals surface area contributed by atoms with E-state index < -0.39 is 11.2 Å². The molecular formula is C21H21BNO3. The van der Waals surface area contributed by atoms with Crippen molar-refractivity contribution in [1.82, 2.24) is 4.98 Å². The minimum atomic E-state index is -0.960. The second kappa shape index (κ2) is 5.83. The number of fused-ring (bicyclic) bond motifs is 5. The molecule has 0 fully saturated rings. The van der Waals surface area contributed by atoms with Gasteiger partial charge in [-0.05, 0) is 39.1 Å². The molecule has 0 saturated heterocycles. The van der Waals surface area contributed by atoms with Crippen LogP contribution in [-0.2, 0) is 4.65 Å². The summed E-state index contributed by atoms with van der Waals surface area (Å²) in [5.41, 5.74) is 0.716. The summed E-state index contributed by atoms with van der Waals surface area (Å²) in [6.45, 7) is 7.23. The lowest BCUT2D eigenvalue weighted by atomic mass is 9.82. The number of para-hydroxylation sites is 1. The highest BCUT2D eigenvalue weighted by molar-refractivity contribution is 6.47. The molecule has 0 atom stereocenters. The zero-order valence-electron chi connectivity index (χ0n) is 15.4. The standard InChI is InChI=1S/C21H21BNO3/c1-20(2,24)21(3,4)26-22-14-10-9-13-12-23-19-18(16(13)11-14)15-7-5-6-8-17(15)25-19/h5-12,24H,1-4H3. The lowest BCUT2D eigenvalue weighted by molar-refractivity contribution is -0.0893. The minimum Gasteiger partial charge on any atom is -0.438 e. The van der Waals surface area contributed by atoms with Crippen LogP contribution in [0.15, 0.2) is 53.1 Å². The Morgan fingerprint density at radius 2 is 1.81 bits per heavy atom. The van der Waals surface area contributed by atoms with Crippen LogP contribution in [0.5, 0.6) is 0 Å². The number of rotatable bonds is 4. The van der Waals surface area contributed by atoms with Crippen LogP contribution < -0.4 is 5.46 Å². The van der Waals surface area contributed by atoms with Crippen molar-refractivity contribution in [3.8, 4) is 0 Å². The molecule has 0 aliphatic rings. The highest BCUT2D eigenvalue weighted by atomic mass is 16.5. The number of pyridine rings is 1. The number of hydrogen-bond acceptors (Lipinski definition) is 4. The van der Waals surface area contributed by atoms with E-state index in [-0.39, 0.29) is 0 Å². The predicted octanol–water partition coefficient (Wildman–Crippen LogP) is 3.94. The maximum atomic E-state index is 10.3. The van der Waals surface area contributed by atoms with E-state index in [2.05, 4.69) is 11.1 Å². The van der Waals surface area contributed by atoms with E-state index in [1.807, 2.05) is 56.4 Å². The molecule has 0 saturated carbocycles. The van der Waals surface area contributed by atoms with Gasteiger partial charge in [0.2, 0.25) is 5.71 Å². The van der Waals surface area contributed by atoms with Crippen molar-refractivity contribution in [3.05, 3.63) is 48.7 Å². The molecule has 131 valence electrons. The topological polar surface area (TPSA) is 55.5 Å². The number of aromatic nitrogens is 1. The van der Waals surface area contributed by atoms with Gasteiger partial charge >= 0.3 is 7.48 Å². The Morgan fingerprint density at radius 1 is 1.04 bits per heavy atom. The van der Waals surface area contributed by atoms with E-state index in [1.54, 1.807) is 21.3 Å². The summed E-state index contributed by atoms with van der Waals surface area (Å²) in [6.07, 6.45) is 1.82. The summed E-state index contributed by atoms with van der Waals surface area (Å²) < 4.78 is 11.8. The van der Waals surface area contributed by atoms with Crippen molar-refractivity contribution < 1.29 is 14.2 Å². The third-order valence-electron chi connectivity index (χ3n) is 5.21. The van der Waals surface area contributed by atoms with Gasteiger partial charge in [-0.1, -0.05) is 41.9 Å². The van der Waals surface area contributed by atoms with Crippen molar-refractivity contribution in [2.75, 3.05) is 0 Å². The SMILES string of the molecule is CC(C)(O)C(C)(C)O[B]c1ccc2cnc3oc4ccccc4c3c2c1. The summed E-state index contributed by atoms with van der Waals surface area (Å²) in [7, 11) is 1.70. The fourth-order valence-corrected chi connectivity index (χ4v) is 2.85. The zero-order chi connectivity index (χ0) is 18.5. The Bertz CT molecular complexity index is 1110. The Kier molecular flexibility index (Phi) is 3.83. The van der Waals surface area contributed by atoms with Gasteiger partial charge in [-0.15, -0.1) is 0 Å². The van der Waals surface area contributed by atoms with Crippen LogP contribution in [0.25, 0.3) is 32.8 Å². The third kappa shape index (κ3) is 2.77. The number of hydrogen-bond donors (Lipinski definition) is 1. The van der Waals surface area contributed by atoms with Gasteiger partial charge in [0.1, 0.15) is 5.58 Å². The van der Waals surface area contributed by atoms with Gasteiger partial charge in [-0.2, -0.15) is 0 Å². The van der Waals surface area contributed by atoms with E-state index in [9.17, 15) is 5.11 Å². The largest absolute Gasteiger partial charge is 0.438 e. The molecule has 0 amide bonds. The summed E-state index contributed by atoms with van der Waals surface area (Å²) in [5.74, 6) is 0. The molecule has 1 N–H and O–H groups in total. The molecule has 4 rings (SSSR count). The fourth-order valence-electron chi connectivity index (χ4n) is 2.85. The molecule has 0 spiro atoms. The van der Waals surface area contributed by atoms with Crippen molar-refractivity contribution in [1.29, 1.82) is 0 Å². The van der Waals surface area contributed by atoms with Gasteiger partial charge in [-0.3, -0.25) is 0 Å². The smallest absolute Gasteiger partial charge is 0.330 e. The fraction of sp³-hybridized carbons (Fsp3) is 0.286. The van der Waals surface area contributed by atoms with E-state index in [0.717, 1.165) is 32.6 Å². The maximum Gasteiger partial charge on any atom is 0.330 e. The molecule has 4 aromatic rings. The maximum absolute atomic E-state index is 10.3. The van der Waals surface area contributed by atoms with Crippen molar-refractivity contribution in [2.45, 2.75) is 38.9 Å². The molecule has 26 heavy (non-hydrogen) atoms. The number of furan rings is 1. The molecule has 2 aromatic heterocycles. The van der Waals surface area contributed by atoms with Crippen LogP contribution in [0.1, 0.15) is 27.7 Å². The predicted molar refractivity (Wildman–Crippen MR) is 106 cm³/mol. The Morgan fingerprint density at radius 3 is 2.58 bits per heavy atom. The third-order valence-corrected chi connectivity index (χ3v) is 5.21. The molecule has 1 radical (unpaired) electrons. The molecule has 0 unspecified atom stereocenters. The summed E-state index contributed by atoms with van der Waals surface area (Å²) >= 11 is 0. The number of nitrogens with zero attached hydrogens (tertiary/aromatic N) is 1. The Labute approximate surface area is 153 Å². The first-order chi connectivity index (χ1) is 12.3. The monoisotopic (exact) mass is 346 g/mol. The first kappa shape index (κ1) is 17.1. The van der Waals surface area contributed by atoms with E-state index in [4.69, 9.17) is 9.07 Å². The molecule has 2 heterocycles. The van der Waals surface area contributed by atoms with Gasteiger partial charge < -0.3 is 14.2 Å². The van der Waals surface area contributed by atoms with Gasteiger partial charge in [0.05, 0.1) is 16.6 Å². The van der Waals surface area contributed by atoms with E-state index >= 15 is 0 Å². The molecule has 0 aliphatic heterocycles. The van der Waals surface area contributed by atoms with Gasteiger partial charge in [-0.25, -0.2) is 4.98 Å². The lowest BCUT2D eigenvalue weighted by Gasteiger charge is -2.37. The quantitative estimate of drug-likeness (QED) is 0.569. The van der Waals surface area contributed by atoms with E-state index in [0.29, 0.717) is 5.71 Å². The summed E-state index contributed by atoms with van der Waals surface area (Å²) in [6, 6.07) is 14.0. The van der Waals surface area contributed by atoms with Crippen LogP contribution in [-0.4, -0.2) is 28.8 Å². The van der Waals surface area contributed by atoms with Crippen molar-refractivity contribution in [3.63, 3.8) is 0 Å². The summed E-state index contributed by atoms with van der Waals surface area (Å²) in [5, 5.41) is 14.4. The first-order valence-corrected chi connectivity index (χ1v) is 8.70. The molecule has 5 heteroatoms. The van der Waals surface area contributed by atoms with Crippen molar-refractivity contribution >= 4 is 45.8 Å². The normalized spacial score (nSPS) is 13.0. The lowest BCUT2D eigenvalue weighted by Crippen LogP contribution is -2.49. The molecule has 0 aliphatic carbocycles. The number of benzene rings is 2. The molecule has 2 aromatic carbocycles. The minimum absolute atomic E-state index is 0.633. The highest BCUT2D eigenvalue weighted by Gasteiger charge is 2.35. The Hall–Kier alpha value is -2.37. The zero-order valence-corrected chi connectivity index (χ0v) is 15.4. The van der Waals surface area contributed by atoms with Gasteiger partial charge in [0, 0.05) is 17.0 Å². The second-order valence-corrected chi connectivity index (χ2v) is 7.69. The van der Waals surface area contributed by atoms with Crippen LogP contribution in [0.3, 0.4) is 0 Å². The summed E-state index contributed by atoms with van der Waals surface area (Å²) in [4.78, 5) is 4.45. The van der Waals surface area contributed by atoms with Crippen LogP contribution in [0, 0.1) is 0 Å². The molecule has 4 nitrogen and oxygen atoms in total. The Balaban J connectivity index is 1.80. The second-order valence-electron chi connectivity index (χ2n) is 7.69. The number of aliphatic hydroxyl groups is 1. The average molecular weight is 346 g/mol. The average Bonchev–Trinajstić information content (AvgIpc) is 2.98. The first-order valence-electron chi connectivity index (χ1n) is 8.70. The van der Waals surface area contributed by atoms with Crippen LogP contribution >= 0.6 is 0 Å². The van der Waals surface area contributed by atoms with Crippen LogP contribution in [0.4, 0.5) is 0 Å². The van der Waals surface area contributed by atoms with Gasteiger partial charge in [0.15, 0.2) is 0 Å². The molecule has 0 bridgehead atoms. The highest BCUT2D eigenvalue weighted by Crippen LogP contribution is 2.32. The van der Waals surface area contributed by atoms with Crippen LogP contribution in [0.2, 0.25) is 0 Å².